The zero-order chi connectivity index (χ0) is 10.5. The first-order valence-corrected chi connectivity index (χ1v) is 6.58. The molecule has 3 heteroatoms. The molecular formula is C12H18N2S. The zero-order valence-corrected chi connectivity index (χ0v) is 9.80. The van der Waals surface area contributed by atoms with Crippen LogP contribution in [0.1, 0.15) is 37.8 Å². The van der Waals surface area contributed by atoms with Crippen molar-refractivity contribution >= 4 is 11.8 Å². The quantitative estimate of drug-likeness (QED) is 0.854. The molecule has 0 bridgehead atoms. The van der Waals surface area contributed by atoms with E-state index in [2.05, 4.69) is 11.1 Å². The van der Waals surface area contributed by atoms with Crippen molar-refractivity contribution in [3.05, 3.63) is 24.0 Å². The summed E-state index contributed by atoms with van der Waals surface area (Å²) in [5.41, 5.74) is 6.73. The van der Waals surface area contributed by atoms with Crippen LogP contribution >= 0.6 is 11.8 Å². The number of rotatable bonds is 3. The minimum atomic E-state index is 0.551. The summed E-state index contributed by atoms with van der Waals surface area (Å²) in [6, 6.07) is 4.15. The van der Waals surface area contributed by atoms with E-state index in [0.717, 1.165) is 10.9 Å². The normalized spacial score (nSPS) is 17.9. The molecule has 1 aromatic rings. The summed E-state index contributed by atoms with van der Waals surface area (Å²) in [4.78, 5) is 5.60. The van der Waals surface area contributed by atoms with Crippen LogP contribution in [0.15, 0.2) is 23.2 Å². The monoisotopic (exact) mass is 222 g/mol. The predicted octanol–water partition coefficient (Wildman–Crippen LogP) is 2.97. The third kappa shape index (κ3) is 2.95. The number of hydrogen-bond acceptors (Lipinski definition) is 3. The standard InChI is InChI=1S/C12H18N2S/c13-9-11-12(7-4-8-14-11)15-10-5-2-1-3-6-10/h4,7-8,10H,1-3,5-6,9,13H2. The van der Waals surface area contributed by atoms with Crippen LogP contribution in [-0.2, 0) is 6.54 Å². The number of aromatic nitrogens is 1. The van der Waals surface area contributed by atoms with E-state index in [0.29, 0.717) is 6.54 Å². The third-order valence-electron chi connectivity index (χ3n) is 2.89. The molecule has 2 nitrogen and oxygen atoms in total. The molecule has 2 N–H and O–H groups in total. The highest BCUT2D eigenvalue weighted by molar-refractivity contribution is 8.00. The molecule has 1 aromatic heterocycles. The first kappa shape index (κ1) is 11.0. The van der Waals surface area contributed by atoms with Crippen molar-refractivity contribution in [2.24, 2.45) is 5.73 Å². The van der Waals surface area contributed by atoms with Gasteiger partial charge in [0, 0.05) is 22.9 Å². The van der Waals surface area contributed by atoms with Crippen LogP contribution in [0.5, 0.6) is 0 Å². The lowest BCUT2D eigenvalue weighted by atomic mass is 10.0. The summed E-state index contributed by atoms with van der Waals surface area (Å²) in [6.45, 7) is 0.551. The lowest BCUT2D eigenvalue weighted by molar-refractivity contribution is 0.516. The number of nitrogens with two attached hydrogens (primary N) is 1. The van der Waals surface area contributed by atoms with E-state index in [-0.39, 0.29) is 0 Å². The Morgan fingerprint density at radius 3 is 2.87 bits per heavy atom. The molecule has 82 valence electrons. The molecule has 1 fully saturated rings. The van der Waals surface area contributed by atoms with Gasteiger partial charge in [-0.2, -0.15) is 0 Å². The van der Waals surface area contributed by atoms with Gasteiger partial charge in [0.15, 0.2) is 0 Å². The fourth-order valence-corrected chi connectivity index (χ4v) is 3.40. The van der Waals surface area contributed by atoms with Crippen LogP contribution in [0.25, 0.3) is 0 Å². The average molecular weight is 222 g/mol. The van der Waals surface area contributed by atoms with E-state index in [1.807, 2.05) is 24.0 Å². The summed E-state index contributed by atoms with van der Waals surface area (Å²) < 4.78 is 0. The second-order valence-corrected chi connectivity index (χ2v) is 5.37. The van der Waals surface area contributed by atoms with Gasteiger partial charge in [0.1, 0.15) is 0 Å². The molecule has 1 heterocycles. The highest BCUT2D eigenvalue weighted by Crippen LogP contribution is 2.34. The summed E-state index contributed by atoms with van der Waals surface area (Å²) in [7, 11) is 0. The van der Waals surface area contributed by atoms with Gasteiger partial charge >= 0.3 is 0 Å². The van der Waals surface area contributed by atoms with Crippen molar-refractivity contribution in [1.82, 2.24) is 4.98 Å². The number of nitrogens with zero attached hydrogens (tertiary/aromatic N) is 1. The van der Waals surface area contributed by atoms with Crippen molar-refractivity contribution in [3.63, 3.8) is 0 Å². The fourth-order valence-electron chi connectivity index (χ4n) is 2.05. The SMILES string of the molecule is NCc1ncccc1SC1CCCCC1. The van der Waals surface area contributed by atoms with Gasteiger partial charge in [-0.1, -0.05) is 19.3 Å². The van der Waals surface area contributed by atoms with Gasteiger partial charge in [0.2, 0.25) is 0 Å². The van der Waals surface area contributed by atoms with Crippen molar-refractivity contribution in [2.75, 3.05) is 0 Å². The Labute approximate surface area is 95.7 Å². The average Bonchev–Trinajstić information content (AvgIpc) is 2.31. The molecule has 1 aliphatic carbocycles. The maximum absolute atomic E-state index is 5.68. The molecule has 0 saturated heterocycles. The minimum Gasteiger partial charge on any atom is -0.325 e. The number of hydrogen-bond donors (Lipinski definition) is 1. The highest BCUT2D eigenvalue weighted by Gasteiger charge is 2.15. The lowest BCUT2D eigenvalue weighted by Gasteiger charge is -2.21. The summed E-state index contributed by atoms with van der Waals surface area (Å²) in [5.74, 6) is 0. The van der Waals surface area contributed by atoms with Gasteiger partial charge in [0.05, 0.1) is 5.69 Å². The molecule has 15 heavy (non-hydrogen) atoms. The summed E-state index contributed by atoms with van der Waals surface area (Å²) in [6.07, 6.45) is 8.71. The van der Waals surface area contributed by atoms with Gasteiger partial charge in [-0.3, -0.25) is 4.98 Å². The maximum atomic E-state index is 5.68. The van der Waals surface area contributed by atoms with Crippen LogP contribution in [-0.4, -0.2) is 10.2 Å². The Bertz CT molecular complexity index is 308. The molecule has 0 amide bonds. The van der Waals surface area contributed by atoms with E-state index in [1.165, 1.54) is 37.0 Å². The fraction of sp³-hybridized carbons (Fsp3) is 0.583. The number of thioether (sulfide) groups is 1. The van der Waals surface area contributed by atoms with Gasteiger partial charge in [-0.25, -0.2) is 0 Å². The first-order valence-electron chi connectivity index (χ1n) is 5.71. The van der Waals surface area contributed by atoms with E-state index in [1.54, 1.807) is 0 Å². The molecule has 0 spiro atoms. The summed E-state index contributed by atoms with van der Waals surface area (Å²) in [5, 5.41) is 0.785. The van der Waals surface area contributed by atoms with Crippen molar-refractivity contribution in [3.8, 4) is 0 Å². The van der Waals surface area contributed by atoms with Crippen LogP contribution in [0, 0.1) is 0 Å². The van der Waals surface area contributed by atoms with E-state index in [9.17, 15) is 0 Å². The molecule has 1 aliphatic rings. The molecule has 0 atom stereocenters. The Hall–Kier alpha value is -0.540. The topological polar surface area (TPSA) is 38.9 Å². The van der Waals surface area contributed by atoms with Gasteiger partial charge in [-0.05, 0) is 25.0 Å². The van der Waals surface area contributed by atoms with Crippen LogP contribution in [0.2, 0.25) is 0 Å². The summed E-state index contributed by atoms with van der Waals surface area (Å²) >= 11 is 1.97. The van der Waals surface area contributed by atoms with Crippen LogP contribution < -0.4 is 5.73 Å². The molecule has 2 rings (SSSR count). The van der Waals surface area contributed by atoms with E-state index in [4.69, 9.17) is 5.73 Å². The predicted molar refractivity (Wildman–Crippen MR) is 64.9 cm³/mol. The first-order chi connectivity index (χ1) is 7.40. The lowest BCUT2D eigenvalue weighted by Crippen LogP contribution is -2.09. The second-order valence-electron chi connectivity index (χ2n) is 4.03. The number of pyridine rings is 1. The minimum absolute atomic E-state index is 0.551. The van der Waals surface area contributed by atoms with Gasteiger partial charge in [0.25, 0.3) is 0 Å². The largest absolute Gasteiger partial charge is 0.325 e. The maximum Gasteiger partial charge on any atom is 0.0675 e. The second kappa shape index (κ2) is 5.52. The molecule has 1 saturated carbocycles. The Kier molecular flexibility index (Phi) is 4.03. The molecule has 0 unspecified atom stereocenters. The van der Waals surface area contributed by atoms with Gasteiger partial charge < -0.3 is 5.73 Å². The Balaban J connectivity index is 2.02. The van der Waals surface area contributed by atoms with Crippen LogP contribution in [0.4, 0.5) is 0 Å². The smallest absolute Gasteiger partial charge is 0.0675 e. The molecular weight excluding hydrogens is 204 g/mol. The molecule has 0 aliphatic heterocycles. The van der Waals surface area contributed by atoms with Crippen LogP contribution in [0.3, 0.4) is 0 Å². The van der Waals surface area contributed by atoms with E-state index >= 15 is 0 Å². The van der Waals surface area contributed by atoms with Crippen molar-refractivity contribution < 1.29 is 0 Å². The van der Waals surface area contributed by atoms with E-state index < -0.39 is 0 Å². The highest BCUT2D eigenvalue weighted by atomic mass is 32.2. The van der Waals surface area contributed by atoms with Crippen molar-refractivity contribution in [1.29, 1.82) is 0 Å². The Morgan fingerprint density at radius 2 is 2.13 bits per heavy atom. The van der Waals surface area contributed by atoms with Gasteiger partial charge in [-0.15, -0.1) is 11.8 Å². The molecule has 0 aromatic carbocycles. The third-order valence-corrected chi connectivity index (χ3v) is 4.32. The zero-order valence-electron chi connectivity index (χ0n) is 8.98. The van der Waals surface area contributed by atoms with Crippen molar-refractivity contribution in [2.45, 2.75) is 48.8 Å². The Morgan fingerprint density at radius 1 is 1.33 bits per heavy atom. The molecule has 0 radical (unpaired) electrons.